The molecule has 0 saturated heterocycles. The van der Waals surface area contributed by atoms with Gasteiger partial charge in [0.05, 0.1) is 26.7 Å². The van der Waals surface area contributed by atoms with E-state index in [0.717, 1.165) is 10.8 Å². The second kappa shape index (κ2) is 11.7. The Morgan fingerprint density at radius 3 is 2.71 bits per heavy atom. The van der Waals surface area contributed by atoms with Gasteiger partial charge in [-0.15, -0.1) is 0 Å². The van der Waals surface area contributed by atoms with Gasteiger partial charge in [0.1, 0.15) is 18.5 Å². The van der Waals surface area contributed by atoms with Crippen LogP contribution in [0.15, 0.2) is 53.6 Å². The number of nitrogens with zero attached hydrogens (tertiary/aromatic N) is 3. The van der Waals surface area contributed by atoms with Crippen LogP contribution in [0, 0.1) is 5.92 Å². The van der Waals surface area contributed by atoms with Crippen molar-refractivity contribution < 1.29 is 27.9 Å². The zero-order valence-electron chi connectivity index (χ0n) is 21.1. The molecule has 2 atom stereocenters. The van der Waals surface area contributed by atoms with Crippen molar-refractivity contribution in [2.24, 2.45) is 5.92 Å². The van der Waals surface area contributed by atoms with E-state index < -0.39 is 25.3 Å². The van der Waals surface area contributed by atoms with Crippen molar-refractivity contribution in [3.05, 3.63) is 59.1 Å². The summed E-state index contributed by atoms with van der Waals surface area (Å²) < 4.78 is 37.5. The number of anilines is 1. The van der Waals surface area contributed by atoms with Crippen LogP contribution in [0.25, 0.3) is 21.9 Å². The van der Waals surface area contributed by atoms with Gasteiger partial charge in [-0.2, -0.15) is 10.1 Å². The molecule has 0 aliphatic heterocycles. The number of ether oxygens (including phenoxy) is 2. The zero-order valence-corrected chi connectivity index (χ0v) is 22.0. The Hall–Kier alpha value is -3.77. The number of benzene rings is 2. The van der Waals surface area contributed by atoms with E-state index in [1.165, 1.54) is 18.0 Å². The number of rotatable bonds is 12. The lowest BCUT2D eigenvalue weighted by atomic mass is 10.1. The molecule has 0 spiro atoms. The molecule has 14 heteroatoms. The predicted molar refractivity (Wildman–Crippen MR) is 140 cm³/mol. The first kappa shape index (κ1) is 27.3. The third-order valence-electron chi connectivity index (χ3n) is 5.60. The normalized spacial score (nSPS) is 14.0. The first-order valence-corrected chi connectivity index (χ1v) is 13.3. The number of esters is 1. The van der Waals surface area contributed by atoms with Crippen molar-refractivity contribution in [3.8, 4) is 5.75 Å². The lowest BCUT2D eigenvalue weighted by molar-refractivity contribution is -0.143. The molecule has 0 bridgehead atoms. The second-order valence-corrected chi connectivity index (χ2v) is 10.3. The smallest absolute Gasteiger partial charge is 0.459 e. The van der Waals surface area contributed by atoms with Crippen molar-refractivity contribution in [2.75, 3.05) is 26.1 Å². The highest BCUT2D eigenvalue weighted by Gasteiger charge is 2.36. The Morgan fingerprint density at radius 1 is 1.18 bits per heavy atom. The fourth-order valence-corrected chi connectivity index (χ4v) is 5.37. The average molecular weight is 545 g/mol. The minimum absolute atomic E-state index is 0.00647. The Kier molecular flexibility index (Phi) is 8.42. The van der Waals surface area contributed by atoms with E-state index in [-0.39, 0.29) is 43.0 Å². The number of methoxy groups -OCH3 is 1. The SMILES string of the molecule is COC(=O)[C@@H](NP(=O)(OCCOCn1cnc2c(=O)[nH]c(N)nc21)Oc1cccc2ccccc12)C(C)C. The highest BCUT2D eigenvalue weighted by molar-refractivity contribution is 7.52. The molecule has 2 heterocycles. The predicted octanol–water partition coefficient (Wildman–Crippen LogP) is 2.82. The molecule has 0 saturated carbocycles. The molecule has 0 amide bonds. The second-order valence-electron chi connectivity index (χ2n) is 8.65. The van der Waals surface area contributed by atoms with E-state index in [2.05, 4.69) is 20.0 Å². The first-order chi connectivity index (χ1) is 18.2. The van der Waals surface area contributed by atoms with Crippen LogP contribution in [0.3, 0.4) is 0 Å². The molecule has 4 aromatic rings. The molecule has 38 heavy (non-hydrogen) atoms. The summed E-state index contributed by atoms with van der Waals surface area (Å²) >= 11 is 0. The summed E-state index contributed by atoms with van der Waals surface area (Å²) in [5.41, 5.74) is 5.54. The number of H-pyrrole nitrogens is 1. The van der Waals surface area contributed by atoms with Gasteiger partial charge in [0.2, 0.25) is 5.95 Å². The minimum atomic E-state index is -4.10. The molecular formula is C24H29N6O7P. The number of imidazole rings is 1. The van der Waals surface area contributed by atoms with Crippen LogP contribution in [0.5, 0.6) is 5.75 Å². The van der Waals surface area contributed by atoms with Crippen LogP contribution in [-0.2, 0) is 30.1 Å². The highest BCUT2D eigenvalue weighted by Crippen LogP contribution is 2.47. The molecule has 0 aliphatic rings. The summed E-state index contributed by atoms with van der Waals surface area (Å²) in [4.78, 5) is 34.8. The average Bonchev–Trinajstić information content (AvgIpc) is 3.30. The van der Waals surface area contributed by atoms with E-state index in [1.54, 1.807) is 26.0 Å². The van der Waals surface area contributed by atoms with Crippen LogP contribution in [0.1, 0.15) is 13.8 Å². The molecule has 13 nitrogen and oxygen atoms in total. The van der Waals surface area contributed by atoms with E-state index in [9.17, 15) is 14.2 Å². The fourth-order valence-electron chi connectivity index (χ4n) is 3.71. The summed E-state index contributed by atoms with van der Waals surface area (Å²) in [7, 11) is -2.85. The monoisotopic (exact) mass is 544 g/mol. The van der Waals surface area contributed by atoms with E-state index in [4.69, 9.17) is 24.3 Å². The quantitative estimate of drug-likeness (QED) is 0.136. The van der Waals surface area contributed by atoms with Crippen molar-refractivity contribution in [1.29, 1.82) is 0 Å². The summed E-state index contributed by atoms with van der Waals surface area (Å²) in [5, 5.41) is 4.35. The van der Waals surface area contributed by atoms with Gasteiger partial charge in [0, 0.05) is 5.39 Å². The molecule has 202 valence electrons. The third-order valence-corrected chi connectivity index (χ3v) is 7.15. The van der Waals surface area contributed by atoms with E-state index >= 15 is 0 Å². The summed E-state index contributed by atoms with van der Waals surface area (Å²) in [6.07, 6.45) is 1.40. The third kappa shape index (κ3) is 6.20. The van der Waals surface area contributed by atoms with Gasteiger partial charge in [-0.1, -0.05) is 50.2 Å². The van der Waals surface area contributed by atoms with Crippen LogP contribution >= 0.6 is 7.75 Å². The number of carbonyl (C=O) groups excluding carboxylic acids is 1. The summed E-state index contributed by atoms with van der Waals surface area (Å²) in [6.45, 7) is 3.38. The maximum Gasteiger partial charge on any atom is 0.459 e. The molecule has 2 aromatic carbocycles. The van der Waals surface area contributed by atoms with Gasteiger partial charge < -0.3 is 19.7 Å². The molecule has 1 unspecified atom stereocenters. The molecule has 4 N–H and O–H groups in total. The number of aromatic nitrogens is 4. The fraction of sp³-hybridized carbons (Fsp3) is 0.333. The first-order valence-electron chi connectivity index (χ1n) is 11.8. The van der Waals surface area contributed by atoms with E-state index in [0.29, 0.717) is 5.75 Å². The lowest BCUT2D eigenvalue weighted by Crippen LogP contribution is -2.41. The molecule has 2 aromatic heterocycles. The molecule has 4 rings (SSSR count). The van der Waals surface area contributed by atoms with Gasteiger partial charge in [0.15, 0.2) is 11.2 Å². The van der Waals surface area contributed by atoms with Crippen LogP contribution in [0.4, 0.5) is 5.95 Å². The number of nitrogens with two attached hydrogens (primary N) is 1. The van der Waals surface area contributed by atoms with Gasteiger partial charge in [-0.05, 0) is 17.4 Å². The van der Waals surface area contributed by atoms with Crippen molar-refractivity contribution in [2.45, 2.75) is 26.6 Å². The molecular weight excluding hydrogens is 515 g/mol. The highest BCUT2D eigenvalue weighted by atomic mass is 31.2. The maximum absolute atomic E-state index is 13.9. The van der Waals surface area contributed by atoms with Gasteiger partial charge in [0.25, 0.3) is 5.56 Å². The topological polar surface area (TPSA) is 173 Å². The molecule has 0 radical (unpaired) electrons. The van der Waals surface area contributed by atoms with Crippen molar-refractivity contribution in [3.63, 3.8) is 0 Å². The Bertz CT molecular complexity index is 1530. The summed E-state index contributed by atoms with van der Waals surface area (Å²) in [5.74, 6) is -0.596. The number of hydrogen-bond donors (Lipinski definition) is 3. The number of nitrogens with one attached hydrogen (secondary N) is 2. The number of hydrogen-bond acceptors (Lipinski definition) is 10. The lowest BCUT2D eigenvalue weighted by Gasteiger charge is -2.26. The summed E-state index contributed by atoms with van der Waals surface area (Å²) in [6, 6.07) is 11.8. The Labute approximate surface area is 217 Å². The van der Waals surface area contributed by atoms with Crippen molar-refractivity contribution in [1.82, 2.24) is 24.6 Å². The Morgan fingerprint density at radius 2 is 1.95 bits per heavy atom. The number of carbonyl (C=O) groups is 1. The van der Waals surface area contributed by atoms with Gasteiger partial charge >= 0.3 is 13.7 Å². The van der Waals surface area contributed by atoms with Crippen molar-refractivity contribution >= 4 is 41.6 Å². The van der Waals surface area contributed by atoms with Crippen LogP contribution in [0.2, 0.25) is 0 Å². The molecule has 0 aliphatic carbocycles. The van der Waals surface area contributed by atoms with Crippen LogP contribution in [-0.4, -0.2) is 51.9 Å². The minimum Gasteiger partial charge on any atom is -0.468 e. The van der Waals surface area contributed by atoms with Gasteiger partial charge in [-0.25, -0.2) is 9.55 Å². The Balaban J connectivity index is 1.48. The molecule has 0 fully saturated rings. The maximum atomic E-state index is 13.9. The standard InChI is InChI=1S/C24H29N6O7P/c1-15(2)19(23(32)34-3)29-38(33,37-18-10-6-8-16-7-4-5-9-17(16)18)36-12-11-35-14-30-13-26-20-21(30)27-24(25)28-22(20)31/h4-10,13,15,19H,11-12,14H2,1-3H3,(H,29,33)(H3,25,27,28,31)/t19-,38?/m0/s1. The zero-order chi connectivity index (χ0) is 27.3. The number of nitrogen functional groups attached to an aromatic ring is 1. The van der Waals surface area contributed by atoms with Crippen LogP contribution < -0.4 is 20.9 Å². The number of fused-ring (bicyclic) bond motifs is 2. The largest absolute Gasteiger partial charge is 0.468 e. The van der Waals surface area contributed by atoms with Gasteiger partial charge in [-0.3, -0.25) is 23.7 Å². The van der Waals surface area contributed by atoms with E-state index in [1.807, 2.05) is 30.3 Å². The number of aromatic amines is 1.